The summed E-state index contributed by atoms with van der Waals surface area (Å²) >= 11 is 1.62. The molecule has 38 heavy (non-hydrogen) atoms. The number of ether oxygens (including phenoxy) is 1. The Balaban J connectivity index is 0.00000107. The van der Waals surface area contributed by atoms with Gasteiger partial charge < -0.3 is 4.74 Å². The number of methoxy groups -OCH3 is 1. The molecule has 0 radical (unpaired) electrons. The molecule has 0 spiro atoms. The van der Waals surface area contributed by atoms with Gasteiger partial charge >= 0.3 is 0 Å². The van der Waals surface area contributed by atoms with Crippen LogP contribution in [0.1, 0.15) is 37.6 Å². The molecule has 8 nitrogen and oxygen atoms in total. The Morgan fingerprint density at radius 1 is 0.737 bits per heavy atom. The molecule has 0 saturated carbocycles. The third kappa shape index (κ3) is 7.71. The Kier molecular flexibility index (Phi) is 9.95. The van der Waals surface area contributed by atoms with Crippen molar-refractivity contribution in [3.05, 3.63) is 103 Å². The van der Waals surface area contributed by atoms with Crippen molar-refractivity contribution in [3.8, 4) is 26.9 Å². The van der Waals surface area contributed by atoms with Crippen molar-refractivity contribution in [2.45, 2.75) is 39.9 Å². The zero-order valence-electron chi connectivity index (χ0n) is 21.9. The summed E-state index contributed by atoms with van der Waals surface area (Å²) in [6, 6.07) is 17.6. The molecule has 5 rings (SSSR count). The molecule has 1 aromatic carbocycles. The number of hydrogen-bond donors (Lipinski definition) is 0. The van der Waals surface area contributed by atoms with Gasteiger partial charge in [-0.15, -0.1) is 11.3 Å². The molecule has 0 fully saturated rings. The van der Waals surface area contributed by atoms with Gasteiger partial charge in [0.1, 0.15) is 22.4 Å². The monoisotopic (exact) mass is 525 g/mol. The summed E-state index contributed by atoms with van der Waals surface area (Å²) in [7, 11) is 1.67. The largest absolute Gasteiger partial charge is 0.497 e. The first kappa shape index (κ1) is 27.0. The van der Waals surface area contributed by atoms with Gasteiger partial charge in [0.25, 0.3) is 0 Å². The van der Waals surface area contributed by atoms with Gasteiger partial charge in [0.05, 0.1) is 36.5 Å². The van der Waals surface area contributed by atoms with Crippen LogP contribution in [0, 0.1) is 0 Å². The number of nitrogens with zero attached hydrogens (tertiary/aromatic N) is 7. The Labute approximate surface area is 227 Å². The topological polar surface area (TPSA) is 89.8 Å². The van der Waals surface area contributed by atoms with Crippen molar-refractivity contribution in [3.63, 3.8) is 0 Å². The van der Waals surface area contributed by atoms with E-state index in [1.807, 2.05) is 60.8 Å². The van der Waals surface area contributed by atoms with E-state index in [2.05, 4.69) is 43.7 Å². The van der Waals surface area contributed by atoms with E-state index >= 15 is 0 Å². The van der Waals surface area contributed by atoms with Crippen molar-refractivity contribution in [1.29, 1.82) is 0 Å². The first-order valence-electron chi connectivity index (χ1n) is 12.5. The molecule has 0 aliphatic rings. The van der Waals surface area contributed by atoms with Gasteiger partial charge in [0.15, 0.2) is 0 Å². The highest BCUT2D eigenvalue weighted by Gasteiger charge is 2.14. The summed E-state index contributed by atoms with van der Waals surface area (Å²) in [5.74, 6) is 2.31. The quantitative estimate of drug-likeness (QED) is 0.229. The SMILES string of the molecule is CCC.COc1ccc(-c2cnc(-c3cccc(CN(Cc4ncccn4)Cc4ncccn4)n3)s2)cc1. The highest BCUT2D eigenvalue weighted by Crippen LogP contribution is 2.32. The van der Waals surface area contributed by atoms with Crippen molar-refractivity contribution < 1.29 is 4.74 Å². The summed E-state index contributed by atoms with van der Waals surface area (Å²) < 4.78 is 5.26. The fourth-order valence-electron chi connectivity index (χ4n) is 3.59. The number of thiazole rings is 1. The fourth-order valence-corrected chi connectivity index (χ4v) is 4.48. The van der Waals surface area contributed by atoms with Gasteiger partial charge in [-0.3, -0.25) is 4.90 Å². The molecule has 4 aromatic heterocycles. The smallest absolute Gasteiger partial charge is 0.142 e. The zero-order valence-corrected chi connectivity index (χ0v) is 22.7. The van der Waals surface area contributed by atoms with Crippen molar-refractivity contribution in [1.82, 2.24) is 34.8 Å². The maximum atomic E-state index is 5.26. The van der Waals surface area contributed by atoms with Crippen LogP contribution in [0.2, 0.25) is 0 Å². The predicted molar refractivity (Wildman–Crippen MR) is 150 cm³/mol. The summed E-state index contributed by atoms with van der Waals surface area (Å²) in [4.78, 5) is 30.3. The summed E-state index contributed by atoms with van der Waals surface area (Å²) in [6.07, 6.45) is 10.1. The first-order chi connectivity index (χ1) is 18.7. The molecule has 0 unspecified atom stereocenters. The van der Waals surface area contributed by atoms with Gasteiger partial charge in [0, 0.05) is 37.5 Å². The van der Waals surface area contributed by atoms with E-state index in [0.717, 1.165) is 44.2 Å². The lowest BCUT2D eigenvalue weighted by Crippen LogP contribution is -2.25. The Hall–Kier alpha value is -4.08. The van der Waals surface area contributed by atoms with Crippen molar-refractivity contribution in [2.75, 3.05) is 7.11 Å². The van der Waals surface area contributed by atoms with Crippen molar-refractivity contribution >= 4 is 11.3 Å². The molecule has 9 heteroatoms. The van der Waals surface area contributed by atoms with Crippen LogP contribution < -0.4 is 4.74 Å². The van der Waals surface area contributed by atoms with Crippen LogP contribution in [0.3, 0.4) is 0 Å². The van der Waals surface area contributed by atoms with Crippen molar-refractivity contribution in [2.24, 2.45) is 0 Å². The van der Waals surface area contributed by atoms with Crippen LogP contribution in [0.4, 0.5) is 0 Å². The summed E-state index contributed by atoms with van der Waals surface area (Å²) in [6.45, 7) is 5.97. The average Bonchev–Trinajstić information content (AvgIpc) is 3.45. The number of aromatic nitrogens is 6. The second kappa shape index (κ2) is 14.0. The molecule has 0 aliphatic carbocycles. The van der Waals surface area contributed by atoms with E-state index in [9.17, 15) is 0 Å². The highest BCUT2D eigenvalue weighted by molar-refractivity contribution is 7.18. The molecule has 0 N–H and O–H groups in total. The van der Waals surface area contributed by atoms with Gasteiger partial charge in [-0.25, -0.2) is 29.9 Å². The summed E-state index contributed by atoms with van der Waals surface area (Å²) in [5, 5.41) is 0.877. The first-order valence-corrected chi connectivity index (χ1v) is 13.3. The normalized spacial score (nSPS) is 10.6. The molecule has 0 aliphatic heterocycles. The lowest BCUT2D eigenvalue weighted by molar-refractivity contribution is 0.232. The van der Waals surface area contributed by atoms with Crippen LogP contribution in [0.25, 0.3) is 21.1 Å². The molecule has 4 heterocycles. The summed E-state index contributed by atoms with van der Waals surface area (Å²) in [5.41, 5.74) is 2.87. The van der Waals surface area contributed by atoms with Gasteiger partial charge in [0.2, 0.25) is 0 Å². The minimum atomic E-state index is 0.559. The van der Waals surface area contributed by atoms with E-state index in [4.69, 9.17) is 9.72 Å². The molecule has 0 atom stereocenters. The Morgan fingerprint density at radius 2 is 1.34 bits per heavy atom. The Morgan fingerprint density at radius 3 is 1.92 bits per heavy atom. The number of rotatable bonds is 9. The van der Waals surface area contributed by atoms with Gasteiger partial charge in [-0.1, -0.05) is 26.3 Å². The van der Waals surface area contributed by atoms with Gasteiger partial charge in [-0.2, -0.15) is 0 Å². The molecule has 0 saturated heterocycles. The third-order valence-corrected chi connectivity index (χ3v) is 6.33. The third-order valence-electron chi connectivity index (χ3n) is 5.26. The standard InChI is InChI=1S/C26H23N7OS.C3H8/c1-34-21-9-7-19(8-10-21)23-15-31-26(35-23)22-6-2-5-20(32-22)16-33(17-24-27-11-3-12-28-24)18-25-29-13-4-14-30-25;1-3-2/h2-15H,16-18H2,1H3;3H2,1-2H3. The minimum absolute atomic E-state index is 0.559. The van der Waals surface area contributed by atoms with Crippen LogP contribution >= 0.6 is 11.3 Å². The number of benzene rings is 1. The zero-order chi connectivity index (χ0) is 26.6. The van der Waals surface area contributed by atoms with Crippen LogP contribution in [0.15, 0.2) is 85.6 Å². The number of hydrogen-bond acceptors (Lipinski definition) is 9. The van der Waals surface area contributed by atoms with Crippen LogP contribution in [0.5, 0.6) is 5.75 Å². The van der Waals surface area contributed by atoms with Gasteiger partial charge in [-0.05, 0) is 54.1 Å². The molecular formula is C29H31N7OS. The van der Waals surface area contributed by atoms with Crippen LogP contribution in [-0.4, -0.2) is 41.9 Å². The van der Waals surface area contributed by atoms with E-state index in [1.165, 1.54) is 6.42 Å². The van der Waals surface area contributed by atoms with E-state index in [1.54, 1.807) is 43.2 Å². The van der Waals surface area contributed by atoms with E-state index in [0.29, 0.717) is 19.6 Å². The molecular weight excluding hydrogens is 494 g/mol. The minimum Gasteiger partial charge on any atom is -0.497 e. The maximum Gasteiger partial charge on any atom is 0.142 e. The lowest BCUT2D eigenvalue weighted by Gasteiger charge is -2.20. The maximum absolute atomic E-state index is 5.26. The second-order valence-corrected chi connectivity index (χ2v) is 9.49. The predicted octanol–water partition coefficient (Wildman–Crippen LogP) is 6.08. The molecule has 0 amide bonds. The van der Waals surface area contributed by atoms with Crippen LogP contribution in [-0.2, 0) is 19.6 Å². The van der Waals surface area contributed by atoms with E-state index in [-0.39, 0.29) is 0 Å². The highest BCUT2D eigenvalue weighted by atomic mass is 32.1. The average molecular weight is 526 g/mol. The number of pyridine rings is 1. The lowest BCUT2D eigenvalue weighted by atomic mass is 10.2. The fraction of sp³-hybridized carbons (Fsp3) is 0.241. The second-order valence-electron chi connectivity index (χ2n) is 8.45. The molecule has 0 bridgehead atoms. The molecule has 194 valence electrons. The molecule has 5 aromatic rings. The van der Waals surface area contributed by atoms with E-state index < -0.39 is 0 Å². The Bertz CT molecular complexity index is 1340.